The van der Waals surface area contributed by atoms with E-state index in [0.29, 0.717) is 5.92 Å². The van der Waals surface area contributed by atoms with Gasteiger partial charge in [-0.1, -0.05) is 19.8 Å². The number of hydrogen-bond donors (Lipinski definition) is 1. The molecule has 0 amide bonds. The molecule has 1 rings (SSSR count). The van der Waals surface area contributed by atoms with Crippen molar-refractivity contribution in [2.45, 2.75) is 45.1 Å². The summed E-state index contributed by atoms with van der Waals surface area (Å²) >= 11 is 10.3. The van der Waals surface area contributed by atoms with Crippen LogP contribution in [0.4, 0.5) is 0 Å². The Morgan fingerprint density at radius 1 is 1.62 bits per heavy atom. The molecule has 0 aliphatic heterocycles. The van der Waals surface area contributed by atoms with Crippen LogP contribution in [0.25, 0.3) is 0 Å². The fourth-order valence-electron chi connectivity index (χ4n) is 1.87. The van der Waals surface area contributed by atoms with Gasteiger partial charge in [-0.2, -0.15) is 0 Å². The van der Waals surface area contributed by atoms with E-state index in [-0.39, 0.29) is 5.60 Å². The van der Waals surface area contributed by atoms with E-state index in [4.69, 9.17) is 27.6 Å². The molecule has 0 aromatic carbocycles. The molecule has 3 unspecified atom stereocenters. The van der Waals surface area contributed by atoms with Gasteiger partial charge in [0.05, 0.1) is 5.60 Å². The summed E-state index contributed by atoms with van der Waals surface area (Å²) in [6.07, 6.45) is 4.44. The molecule has 0 heterocycles. The first-order chi connectivity index (χ1) is 5.83. The average molecular weight is 243 g/mol. The van der Waals surface area contributed by atoms with Gasteiger partial charge in [-0.25, -0.2) is 0 Å². The Morgan fingerprint density at radius 3 is 2.69 bits per heavy atom. The summed E-state index contributed by atoms with van der Waals surface area (Å²) < 4.78 is 5.43. The average Bonchev–Trinajstić information content (AvgIpc) is 1.92. The van der Waals surface area contributed by atoms with Gasteiger partial charge in [-0.05, 0) is 48.7 Å². The number of halogens is 1. The standard InChI is InChI=1S/C8H16ClO2PS/c1-7-5-3-4-6-8(7,2)11-12(9,10)13/h7H,3-6H2,1-2H3,(H,10,13). The zero-order chi connectivity index (χ0) is 10.1. The van der Waals surface area contributed by atoms with Crippen LogP contribution in [0.15, 0.2) is 0 Å². The highest BCUT2D eigenvalue weighted by Gasteiger charge is 2.38. The van der Waals surface area contributed by atoms with E-state index >= 15 is 0 Å². The quantitative estimate of drug-likeness (QED) is 0.753. The minimum atomic E-state index is -3.03. The fourth-order valence-corrected chi connectivity index (χ4v) is 3.64. The molecule has 1 aliphatic carbocycles. The topological polar surface area (TPSA) is 29.5 Å². The highest BCUT2D eigenvalue weighted by molar-refractivity contribution is 8.21. The molecule has 0 saturated heterocycles. The molecule has 1 fully saturated rings. The molecule has 78 valence electrons. The van der Waals surface area contributed by atoms with Crippen LogP contribution in [-0.4, -0.2) is 10.5 Å². The summed E-state index contributed by atoms with van der Waals surface area (Å²) in [5, 5.41) is 0. The van der Waals surface area contributed by atoms with Crippen LogP contribution in [-0.2, 0) is 16.3 Å². The Kier molecular flexibility index (Phi) is 3.82. The summed E-state index contributed by atoms with van der Waals surface area (Å²) in [5.41, 5.74) is -0.315. The van der Waals surface area contributed by atoms with E-state index in [9.17, 15) is 4.89 Å². The molecule has 1 aliphatic rings. The fraction of sp³-hybridized carbons (Fsp3) is 1.00. The van der Waals surface area contributed by atoms with Crippen molar-refractivity contribution < 1.29 is 9.42 Å². The van der Waals surface area contributed by atoms with Gasteiger partial charge in [0.2, 0.25) is 0 Å². The Bertz CT molecular complexity index is 230. The molecule has 1 N–H and O–H groups in total. The summed E-state index contributed by atoms with van der Waals surface area (Å²) in [5.74, 6) is -2.61. The molecule has 13 heavy (non-hydrogen) atoms. The van der Waals surface area contributed by atoms with Gasteiger partial charge in [-0.15, -0.1) is 0 Å². The molecule has 5 heteroatoms. The van der Waals surface area contributed by atoms with Crippen LogP contribution in [0.2, 0.25) is 0 Å². The van der Waals surface area contributed by atoms with Gasteiger partial charge in [-0.3, -0.25) is 0 Å². The lowest BCUT2D eigenvalue weighted by atomic mass is 9.78. The van der Waals surface area contributed by atoms with Crippen molar-refractivity contribution in [3.05, 3.63) is 0 Å². The van der Waals surface area contributed by atoms with Crippen LogP contribution in [0.3, 0.4) is 0 Å². The summed E-state index contributed by atoms with van der Waals surface area (Å²) in [7, 11) is 0. The Hall–Kier alpha value is 0.860. The lowest BCUT2D eigenvalue weighted by Crippen LogP contribution is -2.37. The lowest BCUT2D eigenvalue weighted by Gasteiger charge is -2.40. The number of hydrogen-bond acceptors (Lipinski definition) is 2. The lowest BCUT2D eigenvalue weighted by molar-refractivity contribution is 0.00478. The Labute approximate surface area is 89.6 Å². The highest BCUT2D eigenvalue weighted by Crippen LogP contribution is 2.55. The van der Waals surface area contributed by atoms with E-state index in [2.05, 4.69) is 6.92 Å². The smallest absolute Gasteiger partial charge is 0.279 e. The highest BCUT2D eigenvalue weighted by atomic mass is 35.7. The maximum atomic E-state index is 9.32. The molecule has 0 aromatic rings. The third-order valence-electron chi connectivity index (χ3n) is 2.92. The van der Waals surface area contributed by atoms with Gasteiger partial charge in [0.15, 0.2) is 0 Å². The predicted octanol–water partition coefficient (Wildman–Crippen LogP) is 3.43. The van der Waals surface area contributed by atoms with Crippen LogP contribution < -0.4 is 0 Å². The minimum absolute atomic E-state index is 0.315. The van der Waals surface area contributed by atoms with E-state index < -0.39 is 5.84 Å². The predicted molar refractivity (Wildman–Crippen MR) is 59.5 cm³/mol. The van der Waals surface area contributed by atoms with Gasteiger partial charge < -0.3 is 9.42 Å². The molecular formula is C8H16ClO2PS. The second-order valence-corrected chi connectivity index (χ2v) is 8.55. The van der Waals surface area contributed by atoms with Crippen LogP contribution in [0.5, 0.6) is 0 Å². The largest absolute Gasteiger partial charge is 0.334 e. The maximum absolute atomic E-state index is 9.32. The van der Waals surface area contributed by atoms with Crippen LogP contribution in [0.1, 0.15) is 39.5 Å². The van der Waals surface area contributed by atoms with Crippen molar-refractivity contribution >= 4 is 28.9 Å². The van der Waals surface area contributed by atoms with E-state index in [1.165, 1.54) is 6.42 Å². The Morgan fingerprint density at radius 2 is 2.23 bits per heavy atom. The van der Waals surface area contributed by atoms with Gasteiger partial charge in [0.1, 0.15) is 0 Å². The van der Waals surface area contributed by atoms with Gasteiger partial charge >= 0.3 is 0 Å². The van der Waals surface area contributed by atoms with Crippen LogP contribution in [0, 0.1) is 5.92 Å². The van der Waals surface area contributed by atoms with Crippen molar-refractivity contribution in [3.63, 3.8) is 0 Å². The summed E-state index contributed by atoms with van der Waals surface area (Å²) in [4.78, 5) is 9.32. The molecular weight excluding hydrogens is 227 g/mol. The van der Waals surface area contributed by atoms with Gasteiger partial charge in [0, 0.05) is 0 Å². The van der Waals surface area contributed by atoms with Crippen molar-refractivity contribution in [2.75, 3.05) is 0 Å². The molecule has 3 atom stereocenters. The zero-order valence-electron chi connectivity index (χ0n) is 7.99. The SMILES string of the molecule is CC1CCCCC1(C)OP(O)(=S)Cl. The second kappa shape index (κ2) is 4.16. The van der Waals surface area contributed by atoms with Crippen molar-refractivity contribution in [2.24, 2.45) is 5.92 Å². The first-order valence-electron chi connectivity index (χ1n) is 4.57. The minimum Gasteiger partial charge on any atom is -0.334 e. The molecule has 1 saturated carbocycles. The maximum Gasteiger partial charge on any atom is 0.279 e. The van der Waals surface area contributed by atoms with Crippen molar-refractivity contribution in [1.29, 1.82) is 0 Å². The summed E-state index contributed by atoms with van der Waals surface area (Å²) in [6, 6.07) is 0. The third-order valence-corrected chi connectivity index (χ3v) is 4.00. The first kappa shape index (κ1) is 11.9. The van der Waals surface area contributed by atoms with E-state index in [0.717, 1.165) is 19.3 Å². The zero-order valence-corrected chi connectivity index (χ0v) is 10.5. The number of rotatable bonds is 2. The third kappa shape index (κ3) is 3.49. The van der Waals surface area contributed by atoms with Crippen molar-refractivity contribution in [3.8, 4) is 0 Å². The molecule has 0 bridgehead atoms. The van der Waals surface area contributed by atoms with E-state index in [1.807, 2.05) is 6.92 Å². The molecule has 2 nitrogen and oxygen atoms in total. The van der Waals surface area contributed by atoms with E-state index in [1.54, 1.807) is 0 Å². The first-order valence-corrected chi connectivity index (χ1v) is 8.14. The normalized spacial score (nSPS) is 39.8. The molecule has 0 spiro atoms. The summed E-state index contributed by atoms with van der Waals surface area (Å²) in [6.45, 7) is 4.12. The van der Waals surface area contributed by atoms with Crippen molar-refractivity contribution in [1.82, 2.24) is 0 Å². The second-order valence-electron chi connectivity index (χ2n) is 4.00. The van der Waals surface area contributed by atoms with Gasteiger partial charge in [0.25, 0.3) is 5.84 Å². The van der Waals surface area contributed by atoms with Crippen LogP contribution >= 0.6 is 17.1 Å². The molecule has 0 radical (unpaired) electrons. The molecule has 0 aromatic heterocycles. The Balaban J connectivity index is 2.67. The monoisotopic (exact) mass is 242 g/mol.